The van der Waals surface area contributed by atoms with Gasteiger partial charge < -0.3 is 15.5 Å². The molecular weight excluding hydrogens is 311 g/mol. The highest BCUT2D eigenvalue weighted by Gasteiger charge is 2.31. The maximum atomic E-state index is 14.7. The van der Waals surface area contributed by atoms with E-state index in [0.29, 0.717) is 23.4 Å². The van der Waals surface area contributed by atoms with Crippen molar-refractivity contribution in [3.63, 3.8) is 0 Å². The number of nitrogens with one attached hydrogen (secondary N) is 1. The Morgan fingerprint density at radius 1 is 1.33 bits per heavy atom. The number of cyclic esters (lactones) is 1. The molecule has 2 aromatic heterocycles. The lowest BCUT2D eigenvalue weighted by Crippen LogP contribution is -2.27. The molecule has 1 amide bonds. The molecule has 1 aliphatic rings. The molecule has 4 rings (SSSR count). The number of halogens is 1. The van der Waals surface area contributed by atoms with E-state index in [2.05, 4.69) is 9.97 Å². The normalized spacial score (nSPS) is 17.5. The fourth-order valence-electron chi connectivity index (χ4n) is 2.94. The van der Waals surface area contributed by atoms with Crippen LogP contribution in [0, 0.1) is 5.82 Å². The van der Waals surface area contributed by atoms with Crippen LogP contribution in [0.5, 0.6) is 0 Å². The first kappa shape index (κ1) is 14.6. The molecular formula is C17H15FN4O2. The van der Waals surface area contributed by atoms with Crippen LogP contribution in [0.2, 0.25) is 0 Å². The highest BCUT2D eigenvalue weighted by Crippen LogP contribution is 2.32. The number of rotatable bonds is 3. The minimum atomic E-state index is -0.507. The molecule has 1 atom stereocenters. The number of H-pyrrole nitrogens is 1. The number of pyridine rings is 1. The van der Waals surface area contributed by atoms with E-state index < -0.39 is 11.9 Å². The molecule has 1 saturated heterocycles. The summed E-state index contributed by atoms with van der Waals surface area (Å²) in [5, 5.41) is 0.889. The number of anilines is 1. The van der Waals surface area contributed by atoms with E-state index in [1.807, 2.05) is 6.07 Å². The molecule has 0 aliphatic carbocycles. The number of aromatic nitrogens is 2. The first-order chi connectivity index (χ1) is 11.7. The lowest BCUT2D eigenvalue weighted by molar-refractivity contribution is 0.145. The third kappa shape index (κ3) is 2.30. The SMILES string of the molecule is NC[C@H]1CN(c2ccc(-c3cncc4[nH]ccc34)c(F)c2)C(=O)O1. The molecule has 6 nitrogen and oxygen atoms in total. The van der Waals surface area contributed by atoms with E-state index in [1.54, 1.807) is 30.7 Å². The van der Waals surface area contributed by atoms with E-state index in [9.17, 15) is 9.18 Å². The van der Waals surface area contributed by atoms with Crippen molar-refractivity contribution >= 4 is 22.7 Å². The van der Waals surface area contributed by atoms with Crippen LogP contribution in [-0.2, 0) is 4.74 Å². The predicted octanol–water partition coefficient (Wildman–Crippen LogP) is 2.65. The minimum absolute atomic E-state index is 0.240. The number of amides is 1. The highest BCUT2D eigenvalue weighted by atomic mass is 19.1. The first-order valence-electron chi connectivity index (χ1n) is 7.56. The predicted molar refractivity (Wildman–Crippen MR) is 88.2 cm³/mol. The zero-order chi connectivity index (χ0) is 16.7. The van der Waals surface area contributed by atoms with Gasteiger partial charge in [-0.3, -0.25) is 9.88 Å². The third-order valence-electron chi connectivity index (χ3n) is 4.17. The summed E-state index contributed by atoms with van der Waals surface area (Å²) in [5.74, 6) is -0.424. The van der Waals surface area contributed by atoms with Crippen LogP contribution in [-0.4, -0.2) is 35.3 Å². The Bertz CT molecular complexity index is 924. The van der Waals surface area contributed by atoms with E-state index in [0.717, 1.165) is 10.9 Å². The molecule has 0 unspecified atom stereocenters. The van der Waals surface area contributed by atoms with Crippen LogP contribution in [0.4, 0.5) is 14.9 Å². The summed E-state index contributed by atoms with van der Waals surface area (Å²) in [6.07, 6.45) is 4.24. The van der Waals surface area contributed by atoms with E-state index in [1.165, 1.54) is 11.0 Å². The summed E-state index contributed by atoms with van der Waals surface area (Å²) >= 11 is 0. The number of nitrogens with zero attached hydrogens (tertiary/aromatic N) is 2. The van der Waals surface area contributed by atoms with Crippen LogP contribution in [0.3, 0.4) is 0 Å². The van der Waals surface area contributed by atoms with Crippen LogP contribution >= 0.6 is 0 Å². The molecule has 24 heavy (non-hydrogen) atoms. The van der Waals surface area contributed by atoms with E-state index >= 15 is 0 Å². The van der Waals surface area contributed by atoms with Gasteiger partial charge in [-0.05, 0) is 24.3 Å². The number of hydrogen-bond donors (Lipinski definition) is 2. The van der Waals surface area contributed by atoms with Crippen LogP contribution in [0.1, 0.15) is 0 Å². The number of benzene rings is 1. The number of hydrogen-bond acceptors (Lipinski definition) is 4. The summed E-state index contributed by atoms with van der Waals surface area (Å²) in [4.78, 5) is 20.4. The molecule has 0 saturated carbocycles. The Morgan fingerprint density at radius 3 is 2.96 bits per heavy atom. The second kappa shape index (κ2) is 5.61. The smallest absolute Gasteiger partial charge is 0.414 e. The molecule has 3 heterocycles. The Balaban J connectivity index is 1.73. The lowest BCUT2D eigenvalue weighted by Gasteiger charge is -2.14. The summed E-state index contributed by atoms with van der Waals surface area (Å²) in [7, 11) is 0. The molecule has 1 fully saturated rings. The van der Waals surface area contributed by atoms with E-state index in [-0.39, 0.29) is 12.6 Å². The van der Waals surface area contributed by atoms with Gasteiger partial charge in [0.25, 0.3) is 0 Å². The fourth-order valence-corrected chi connectivity index (χ4v) is 2.94. The van der Waals surface area contributed by atoms with Gasteiger partial charge in [-0.25, -0.2) is 9.18 Å². The quantitative estimate of drug-likeness (QED) is 0.775. The third-order valence-corrected chi connectivity index (χ3v) is 4.17. The average molecular weight is 326 g/mol. The second-order valence-corrected chi connectivity index (χ2v) is 5.64. The molecule has 3 aromatic rings. The van der Waals surface area contributed by atoms with Crippen molar-refractivity contribution in [2.75, 3.05) is 18.0 Å². The minimum Gasteiger partial charge on any atom is -0.443 e. The lowest BCUT2D eigenvalue weighted by atomic mass is 10.0. The highest BCUT2D eigenvalue weighted by molar-refractivity contribution is 5.95. The van der Waals surface area contributed by atoms with Gasteiger partial charge in [-0.2, -0.15) is 0 Å². The van der Waals surface area contributed by atoms with Crippen LogP contribution < -0.4 is 10.6 Å². The molecule has 3 N–H and O–H groups in total. The first-order valence-corrected chi connectivity index (χ1v) is 7.56. The number of fused-ring (bicyclic) bond motifs is 1. The van der Waals surface area contributed by atoms with Crippen molar-refractivity contribution in [3.05, 3.63) is 48.7 Å². The Morgan fingerprint density at radius 2 is 2.21 bits per heavy atom. The Kier molecular flexibility index (Phi) is 3.42. The molecule has 7 heteroatoms. The van der Waals surface area contributed by atoms with Crippen LogP contribution in [0.25, 0.3) is 22.0 Å². The molecule has 0 radical (unpaired) electrons. The molecule has 0 spiro atoms. The number of aromatic amines is 1. The maximum Gasteiger partial charge on any atom is 0.414 e. The van der Waals surface area contributed by atoms with Gasteiger partial charge in [-0.15, -0.1) is 0 Å². The zero-order valence-corrected chi connectivity index (χ0v) is 12.7. The monoisotopic (exact) mass is 326 g/mol. The average Bonchev–Trinajstić information content (AvgIpc) is 3.20. The maximum absolute atomic E-state index is 14.7. The van der Waals surface area contributed by atoms with Gasteiger partial charge in [0, 0.05) is 35.5 Å². The Labute approximate surface area is 137 Å². The summed E-state index contributed by atoms with van der Waals surface area (Å²) in [6, 6.07) is 6.56. The van der Waals surface area contributed by atoms with Crippen molar-refractivity contribution in [1.29, 1.82) is 0 Å². The number of ether oxygens (including phenoxy) is 1. The topological polar surface area (TPSA) is 84.2 Å². The molecule has 122 valence electrons. The van der Waals surface area contributed by atoms with Gasteiger partial charge in [0.2, 0.25) is 0 Å². The van der Waals surface area contributed by atoms with Crippen molar-refractivity contribution in [3.8, 4) is 11.1 Å². The summed E-state index contributed by atoms with van der Waals surface area (Å²) < 4.78 is 19.8. The van der Waals surface area contributed by atoms with Crippen molar-refractivity contribution in [2.45, 2.75) is 6.10 Å². The standard InChI is InChI=1S/C17H15FN4O2/c18-15-5-10(22-9-11(6-19)24-17(22)23)1-2-12(15)14-7-20-8-16-13(14)3-4-21-16/h1-5,7-8,11,21H,6,9,19H2/t11-/m0/s1. The van der Waals surface area contributed by atoms with Gasteiger partial charge in [0.1, 0.15) is 11.9 Å². The van der Waals surface area contributed by atoms with Crippen molar-refractivity contribution in [1.82, 2.24) is 9.97 Å². The fraction of sp³-hybridized carbons (Fsp3) is 0.176. The van der Waals surface area contributed by atoms with Gasteiger partial charge >= 0.3 is 6.09 Å². The number of nitrogens with two attached hydrogens (primary N) is 1. The number of carbonyl (C=O) groups excluding carboxylic acids is 1. The van der Waals surface area contributed by atoms with Crippen LogP contribution in [0.15, 0.2) is 42.9 Å². The van der Waals surface area contributed by atoms with Gasteiger partial charge in [-0.1, -0.05) is 0 Å². The van der Waals surface area contributed by atoms with Gasteiger partial charge in [0.05, 0.1) is 23.9 Å². The largest absolute Gasteiger partial charge is 0.443 e. The molecule has 1 aliphatic heterocycles. The van der Waals surface area contributed by atoms with Crippen molar-refractivity contribution < 1.29 is 13.9 Å². The Hall–Kier alpha value is -2.93. The van der Waals surface area contributed by atoms with Crippen molar-refractivity contribution in [2.24, 2.45) is 5.73 Å². The number of carbonyl (C=O) groups is 1. The summed E-state index contributed by atoms with van der Waals surface area (Å²) in [5.41, 5.74) is 7.94. The summed E-state index contributed by atoms with van der Waals surface area (Å²) in [6.45, 7) is 0.563. The van der Waals surface area contributed by atoms with Gasteiger partial charge in [0.15, 0.2) is 0 Å². The molecule has 0 bridgehead atoms. The molecule has 1 aromatic carbocycles. The second-order valence-electron chi connectivity index (χ2n) is 5.64. The van der Waals surface area contributed by atoms with E-state index in [4.69, 9.17) is 10.5 Å². The zero-order valence-electron chi connectivity index (χ0n) is 12.7.